The lowest BCUT2D eigenvalue weighted by Gasteiger charge is -2.18. The number of carbonyl (C=O) groups is 2. The van der Waals surface area contributed by atoms with Crippen molar-refractivity contribution in [1.29, 1.82) is 0 Å². The Balaban J connectivity index is 2.02. The van der Waals surface area contributed by atoms with Crippen molar-refractivity contribution in [3.63, 3.8) is 0 Å². The lowest BCUT2D eigenvalue weighted by Crippen LogP contribution is -2.43. The average Bonchev–Trinajstić information content (AvgIpc) is 2.72. The number of anilines is 1. The molecule has 1 N–H and O–H groups in total. The molecule has 0 radical (unpaired) electrons. The summed E-state index contributed by atoms with van der Waals surface area (Å²) >= 11 is 1.78. The summed E-state index contributed by atoms with van der Waals surface area (Å²) in [6.07, 6.45) is 3.30. The van der Waals surface area contributed by atoms with Crippen molar-refractivity contribution < 1.29 is 9.59 Å². The number of hydrogen-bond acceptors (Lipinski definition) is 4. The normalized spacial score (nSPS) is 20.5. The predicted octanol–water partition coefficient (Wildman–Crippen LogP) is 2.05. The summed E-state index contributed by atoms with van der Waals surface area (Å²) in [5.41, 5.74) is 0.656. The first-order valence-corrected chi connectivity index (χ1v) is 8.19. The lowest BCUT2D eigenvalue weighted by molar-refractivity contribution is -0.121. The van der Waals surface area contributed by atoms with E-state index in [0.29, 0.717) is 5.69 Å². The molecule has 1 aliphatic heterocycles. The molecule has 1 heterocycles. The van der Waals surface area contributed by atoms with Crippen molar-refractivity contribution in [3.8, 4) is 0 Å². The Bertz CT molecular complexity index is 478. The third-order valence-corrected chi connectivity index (χ3v) is 4.05. The van der Waals surface area contributed by atoms with E-state index in [1.54, 1.807) is 23.9 Å². The molecule has 20 heavy (non-hydrogen) atoms. The molecule has 2 amide bonds. The molecule has 2 atom stereocenters. The fraction of sp³-hybridized carbons (Fsp3) is 0.467. The first-order chi connectivity index (χ1) is 9.63. The van der Waals surface area contributed by atoms with Gasteiger partial charge in [-0.05, 0) is 37.5 Å². The zero-order valence-corrected chi connectivity index (χ0v) is 12.7. The van der Waals surface area contributed by atoms with Gasteiger partial charge in [0.15, 0.2) is 0 Å². The molecule has 1 aromatic rings. The third-order valence-electron chi connectivity index (χ3n) is 3.40. The Labute approximate surface area is 123 Å². The summed E-state index contributed by atoms with van der Waals surface area (Å²) in [7, 11) is 0. The molecule has 4 nitrogen and oxygen atoms in total. The van der Waals surface area contributed by atoms with Crippen LogP contribution in [0.3, 0.4) is 0 Å². The lowest BCUT2D eigenvalue weighted by atomic mass is 10.2. The van der Waals surface area contributed by atoms with E-state index in [9.17, 15) is 9.59 Å². The molecule has 0 aliphatic carbocycles. The minimum absolute atomic E-state index is 0.129. The fourth-order valence-corrected chi connectivity index (χ4v) is 2.92. The van der Waals surface area contributed by atoms with E-state index in [0.717, 1.165) is 12.2 Å². The summed E-state index contributed by atoms with van der Waals surface area (Å²) in [6, 6.07) is 8.95. The van der Waals surface area contributed by atoms with E-state index in [4.69, 9.17) is 0 Å². The van der Waals surface area contributed by atoms with Gasteiger partial charge in [-0.25, -0.2) is 4.90 Å². The van der Waals surface area contributed by atoms with Crippen LogP contribution in [0.2, 0.25) is 0 Å². The third kappa shape index (κ3) is 3.41. The van der Waals surface area contributed by atoms with Crippen LogP contribution < -0.4 is 10.2 Å². The van der Waals surface area contributed by atoms with E-state index in [-0.39, 0.29) is 30.3 Å². The molecule has 1 aromatic carbocycles. The highest BCUT2D eigenvalue weighted by Crippen LogP contribution is 2.22. The highest BCUT2D eigenvalue weighted by molar-refractivity contribution is 7.98. The fourth-order valence-electron chi connectivity index (χ4n) is 2.33. The molecule has 0 aromatic heterocycles. The number of carbonyl (C=O) groups excluding carboxylic acids is 2. The van der Waals surface area contributed by atoms with Crippen LogP contribution in [-0.2, 0) is 9.59 Å². The van der Waals surface area contributed by atoms with Crippen molar-refractivity contribution in [1.82, 2.24) is 5.32 Å². The monoisotopic (exact) mass is 292 g/mol. The number of para-hydroxylation sites is 1. The first-order valence-electron chi connectivity index (χ1n) is 6.80. The SMILES string of the molecule is CSCCC(C)NC1CC(=O)N(c2ccccc2)C1=O. The minimum Gasteiger partial charge on any atom is -0.303 e. The highest BCUT2D eigenvalue weighted by Gasteiger charge is 2.39. The summed E-state index contributed by atoms with van der Waals surface area (Å²) in [6.45, 7) is 2.05. The van der Waals surface area contributed by atoms with Crippen LogP contribution in [0.1, 0.15) is 19.8 Å². The van der Waals surface area contributed by atoms with E-state index in [1.807, 2.05) is 18.2 Å². The van der Waals surface area contributed by atoms with Gasteiger partial charge in [-0.1, -0.05) is 18.2 Å². The topological polar surface area (TPSA) is 49.4 Å². The van der Waals surface area contributed by atoms with Gasteiger partial charge < -0.3 is 5.32 Å². The minimum atomic E-state index is -0.389. The number of thioether (sulfide) groups is 1. The summed E-state index contributed by atoms with van der Waals surface area (Å²) in [4.78, 5) is 25.7. The molecular formula is C15H20N2O2S. The van der Waals surface area contributed by atoms with Crippen LogP contribution in [0.15, 0.2) is 30.3 Å². The average molecular weight is 292 g/mol. The maximum atomic E-state index is 12.4. The van der Waals surface area contributed by atoms with Gasteiger partial charge in [0.1, 0.15) is 0 Å². The Morgan fingerprint density at radius 1 is 1.35 bits per heavy atom. The Morgan fingerprint density at radius 3 is 2.70 bits per heavy atom. The summed E-state index contributed by atoms with van der Waals surface area (Å²) < 4.78 is 0. The quantitative estimate of drug-likeness (QED) is 0.815. The Hall–Kier alpha value is -1.33. The van der Waals surface area contributed by atoms with Gasteiger partial charge in [-0.15, -0.1) is 0 Å². The number of nitrogens with one attached hydrogen (secondary N) is 1. The van der Waals surface area contributed by atoms with E-state index in [2.05, 4.69) is 18.5 Å². The molecular weight excluding hydrogens is 272 g/mol. The second kappa shape index (κ2) is 6.90. The number of amides is 2. The maximum absolute atomic E-state index is 12.4. The van der Waals surface area contributed by atoms with Gasteiger partial charge in [-0.2, -0.15) is 11.8 Å². The van der Waals surface area contributed by atoms with Gasteiger partial charge in [0, 0.05) is 6.04 Å². The molecule has 1 fully saturated rings. The first kappa shape index (κ1) is 15.1. The van der Waals surface area contributed by atoms with E-state index in [1.165, 1.54) is 4.90 Å². The standard InChI is InChI=1S/C15H20N2O2S/c1-11(8-9-20-2)16-13-10-14(18)17(15(13)19)12-6-4-3-5-7-12/h3-7,11,13,16H,8-10H2,1-2H3. The van der Waals surface area contributed by atoms with Crippen LogP contribution in [0.4, 0.5) is 5.69 Å². The van der Waals surface area contributed by atoms with Crippen molar-refractivity contribution in [2.75, 3.05) is 16.9 Å². The second-order valence-electron chi connectivity index (χ2n) is 5.01. The van der Waals surface area contributed by atoms with Crippen molar-refractivity contribution in [3.05, 3.63) is 30.3 Å². The zero-order valence-electron chi connectivity index (χ0n) is 11.8. The van der Waals surface area contributed by atoms with Gasteiger partial charge in [0.25, 0.3) is 5.91 Å². The molecule has 2 rings (SSSR count). The molecule has 108 valence electrons. The van der Waals surface area contributed by atoms with Crippen LogP contribution in [0.25, 0.3) is 0 Å². The second-order valence-corrected chi connectivity index (χ2v) is 5.99. The van der Waals surface area contributed by atoms with Crippen molar-refractivity contribution >= 4 is 29.3 Å². The van der Waals surface area contributed by atoms with Crippen LogP contribution in [0, 0.1) is 0 Å². The summed E-state index contributed by atoms with van der Waals surface area (Å²) in [5, 5.41) is 3.27. The number of rotatable bonds is 6. The van der Waals surface area contributed by atoms with Crippen LogP contribution >= 0.6 is 11.8 Å². The van der Waals surface area contributed by atoms with Crippen LogP contribution in [0.5, 0.6) is 0 Å². The number of hydrogen-bond donors (Lipinski definition) is 1. The van der Waals surface area contributed by atoms with Crippen molar-refractivity contribution in [2.24, 2.45) is 0 Å². The number of imide groups is 1. The maximum Gasteiger partial charge on any atom is 0.251 e. The Morgan fingerprint density at radius 2 is 2.05 bits per heavy atom. The highest BCUT2D eigenvalue weighted by atomic mass is 32.2. The van der Waals surface area contributed by atoms with Gasteiger partial charge in [-0.3, -0.25) is 9.59 Å². The zero-order chi connectivity index (χ0) is 14.5. The van der Waals surface area contributed by atoms with Gasteiger partial charge in [0.2, 0.25) is 5.91 Å². The van der Waals surface area contributed by atoms with Crippen LogP contribution in [-0.4, -0.2) is 35.9 Å². The molecule has 5 heteroatoms. The molecule has 1 aliphatic rings. The van der Waals surface area contributed by atoms with Gasteiger partial charge in [0.05, 0.1) is 18.2 Å². The molecule has 1 saturated heterocycles. The number of nitrogens with zero attached hydrogens (tertiary/aromatic N) is 1. The predicted molar refractivity (Wildman–Crippen MR) is 82.9 cm³/mol. The summed E-state index contributed by atoms with van der Waals surface area (Å²) in [5.74, 6) is 0.777. The molecule has 0 bridgehead atoms. The smallest absolute Gasteiger partial charge is 0.251 e. The number of benzene rings is 1. The largest absolute Gasteiger partial charge is 0.303 e. The van der Waals surface area contributed by atoms with E-state index < -0.39 is 0 Å². The van der Waals surface area contributed by atoms with E-state index >= 15 is 0 Å². The Kier molecular flexibility index (Phi) is 5.20. The van der Waals surface area contributed by atoms with Gasteiger partial charge >= 0.3 is 0 Å². The molecule has 0 saturated carbocycles. The molecule has 0 spiro atoms. The molecule has 2 unspecified atom stereocenters. The van der Waals surface area contributed by atoms with Crippen molar-refractivity contribution in [2.45, 2.75) is 31.8 Å².